The molecule has 0 unspecified atom stereocenters. The van der Waals surface area contributed by atoms with E-state index >= 15 is 0 Å². The van der Waals surface area contributed by atoms with Crippen LogP contribution in [0.3, 0.4) is 0 Å². The molecule has 5 heteroatoms. The van der Waals surface area contributed by atoms with Crippen molar-refractivity contribution in [3.05, 3.63) is 132 Å². The second kappa shape index (κ2) is 11.4. The molecule has 37 heavy (non-hydrogen) atoms. The average Bonchev–Trinajstić information content (AvgIpc) is 3.44. The zero-order valence-electron chi connectivity index (χ0n) is 20.4. The van der Waals surface area contributed by atoms with Crippen molar-refractivity contribution in [2.24, 2.45) is 0 Å². The van der Waals surface area contributed by atoms with Gasteiger partial charge in [0.05, 0.1) is 11.8 Å². The molecule has 0 aliphatic rings. The molecule has 5 nitrogen and oxygen atoms in total. The van der Waals surface area contributed by atoms with E-state index in [1.807, 2.05) is 78.9 Å². The summed E-state index contributed by atoms with van der Waals surface area (Å²) in [6.45, 7) is 0.305. The predicted molar refractivity (Wildman–Crippen MR) is 146 cm³/mol. The molecule has 1 atom stereocenters. The molecule has 2 amide bonds. The van der Waals surface area contributed by atoms with E-state index in [0.717, 1.165) is 22.9 Å². The maximum Gasteiger partial charge on any atom is 0.252 e. The minimum atomic E-state index is -0.260. The molecular formula is C32H28N2O3. The summed E-state index contributed by atoms with van der Waals surface area (Å²) in [5.74, 6) is -0.362. The zero-order valence-corrected chi connectivity index (χ0v) is 20.4. The van der Waals surface area contributed by atoms with E-state index in [-0.39, 0.29) is 17.9 Å². The Balaban J connectivity index is 1.34. The van der Waals surface area contributed by atoms with E-state index in [1.165, 1.54) is 5.56 Å². The molecule has 0 fully saturated rings. The third kappa shape index (κ3) is 5.78. The van der Waals surface area contributed by atoms with Gasteiger partial charge < -0.3 is 15.1 Å². The number of hydrogen-bond donors (Lipinski definition) is 2. The number of fused-ring (bicyclic) bond motifs is 1. The predicted octanol–water partition coefficient (Wildman–Crippen LogP) is 6.26. The van der Waals surface area contributed by atoms with E-state index < -0.39 is 0 Å². The highest BCUT2D eigenvalue weighted by Gasteiger charge is 2.19. The number of nitrogens with one attached hydrogen (secondary N) is 2. The van der Waals surface area contributed by atoms with Gasteiger partial charge in [0.15, 0.2) is 0 Å². The molecular weight excluding hydrogens is 460 g/mol. The summed E-state index contributed by atoms with van der Waals surface area (Å²) in [6.07, 6.45) is 3.03. The maximum absolute atomic E-state index is 13.5. The highest BCUT2D eigenvalue weighted by Crippen LogP contribution is 2.24. The van der Waals surface area contributed by atoms with Crippen molar-refractivity contribution in [2.75, 3.05) is 6.54 Å². The van der Waals surface area contributed by atoms with Crippen molar-refractivity contribution in [3.8, 4) is 11.1 Å². The number of benzene rings is 4. The molecule has 4 aromatic carbocycles. The maximum atomic E-state index is 13.5. The lowest BCUT2D eigenvalue weighted by atomic mass is 9.98. The first-order chi connectivity index (χ1) is 18.2. The number of hydrogen-bond acceptors (Lipinski definition) is 3. The summed E-state index contributed by atoms with van der Waals surface area (Å²) < 4.78 is 5.43. The van der Waals surface area contributed by atoms with E-state index in [2.05, 4.69) is 22.8 Å². The van der Waals surface area contributed by atoms with E-state index in [1.54, 1.807) is 24.5 Å². The minimum Gasteiger partial charge on any atom is -0.464 e. The van der Waals surface area contributed by atoms with E-state index in [0.29, 0.717) is 29.7 Å². The van der Waals surface area contributed by atoms with Crippen LogP contribution in [0.2, 0.25) is 0 Å². The molecule has 0 aliphatic heterocycles. The summed E-state index contributed by atoms with van der Waals surface area (Å²) in [5.41, 5.74) is 4.86. The number of aryl methyl sites for hydroxylation is 1. The van der Waals surface area contributed by atoms with Crippen LogP contribution in [0.5, 0.6) is 0 Å². The van der Waals surface area contributed by atoms with Crippen LogP contribution in [-0.4, -0.2) is 24.4 Å². The van der Waals surface area contributed by atoms with Crippen molar-refractivity contribution < 1.29 is 14.0 Å². The number of amides is 2. The number of furan rings is 1. The molecule has 5 rings (SSSR count). The fourth-order valence-electron chi connectivity index (χ4n) is 4.53. The minimum absolute atomic E-state index is 0.163. The van der Waals surface area contributed by atoms with Gasteiger partial charge in [0.2, 0.25) is 0 Å². The normalized spacial score (nSPS) is 11.7. The average molecular weight is 489 g/mol. The SMILES string of the molecule is O=C(N[C@H](CCc1ccccc1)CNC(=O)c1cccc2occc12)c1ccccc1-c1ccccc1. The lowest BCUT2D eigenvalue weighted by molar-refractivity contribution is 0.0907. The number of carbonyl (C=O) groups excluding carboxylic acids is 2. The van der Waals surface area contributed by atoms with Crippen LogP contribution in [0.1, 0.15) is 32.7 Å². The molecule has 184 valence electrons. The summed E-state index contributed by atoms with van der Waals surface area (Å²) in [7, 11) is 0. The topological polar surface area (TPSA) is 71.3 Å². The van der Waals surface area contributed by atoms with Gasteiger partial charge in [-0.15, -0.1) is 0 Å². The summed E-state index contributed by atoms with van der Waals surface area (Å²) in [5, 5.41) is 6.97. The van der Waals surface area contributed by atoms with Gasteiger partial charge in [-0.2, -0.15) is 0 Å². The molecule has 0 spiro atoms. The molecule has 0 radical (unpaired) electrons. The Morgan fingerprint density at radius 2 is 1.41 bits per heavy atom. The highest BCUT2D eigenvalue weighted by molar-refractivity contribution is 6.06. The van der Waals surface area contributed by atoms with Gasteiger partial charge in [-0.3, -0.25) is 9.59 Å². The molecule has 2 N–H and O–H groups in total. The van der Waals surface area contributed by atoms with Crippen molar-refractivity contribution in [1.82, 2.24) is 10.6 Å². The van der Waals surface area contributed by atoms with Gasteiger partial charge in [-0.05, 0) is 53.8 Å². The van der Waals surface area contributed by atoms with Crippen LogP contribution in [-0.2, 0) is 6.42 Å². The van der Waals surface area contributed by atoms with Gasteiger partial charge in [0.1, 0.15) is 5.58 Å². The van der Waals surface area contributed by atoms with Crippen molar-refractivity contribution >= 4 is 22.8 Å². The Bertz CT molecular complexity index is 1490. The van der Waals surface area contributed by atoms with E-state index in [9.17, 15) is 9.59 Å². The van der Waals surface area contributed by atoms with Crippen molar-refractivity contribution in [3.63, 3.8) is 0 Å². The summed E-state index contributed by atoms with van der Waals surface area (Å²) >= 11 is 0. The van der Waals surface area contributed by atoms with Gasteiger partial charge in [-0.1, -0.05) is 84.9 Å². The summed E-state index contributed by atoms with van der Waals surface area (Å²) in [6, 6.07) is 34.5. The second-order valence-corrected chi connectivity index (χ2v) is 8.95. The van der Waals surface area contributed by atoms with Crippen LogP contribution in [0.25, 0.3) is 22.1 Å². The highest BCUT2D eigenvalue weighted by atomic mass is 16.3. The number of rotatable bonds is 9. The lowest BCUT2D eigenvalue weighted by Crippen LogP contribution is -2.44. The molecule has 5 aromatic rings. The largest absolute Gasteiger partial charge is 0.464 e. The third-order valence-corrected chi connectivity index (χ3v) is 6.47. The van der Waals surface area contributed by atoms with Gasteiger partial charge in [0, 0.05) is 23.5 Å². The third-order valence-electron chi connectivity index (χ3n) is 6.47. The Kier molecular flexibility index (Phi) is 7.42. The Morgan fingerprint density at radius 1 is 0.703 bits per heavy atom. The monoisotopic (exact) mass is 488 g/mol. The molecule has 0 bridgehead atoms. The first-order valence-electron chi connectivity index (χ1n) is 12.4. The zero-order chi connectivity index (χ0) is 25.5. The summed E-state index contributed by atoms with van der Waals surface area (Å²) in [4.78, 5) is 26.5. The Hall–Kier alpha value is -4.64. The fraction of sp³-hybridized carbons (Fsp3) is 0.125. The van der Waals surface area contributed by atoms with E-state index in [4.69, 9.17) is 4.42 Å². The standard InChI is InChI=1S/C32H28N2O3/c35-31(29-16-9-17-30-27(29)20-21-37-30)33-22-25(19-18-23-10-3-1-4-11-23)34-32(36)28-15-8-7-14-26(28)24-12-5-2-6-13-24/h1-17,20-21,25H,18-19,22H2,(H,33,35)(H,34,36)/t25-/m1/s1. The van der Waals surface area contributed by atoms with Crippen molar-refractivity contribution in [1.29, 1.82) is 0 Å². The quantitative estimate of drug-likeness (QED) is 0.257. The van der Waals surface area contributed by atoms with Crippen LogP contribution in [0.4, 0.5) is 0 Å². The van der Waals surface area contributed by atoms with Gasteiger partial charge in [-0.25, -0.2) is 0 Å². The molecule has 0 saturated heterocycles. The Morgan fingerprint density at radius 3 is 2.22 bits per heavy atom. The fourth-order valence-corrected chi connectivity index (χ4v) is 4.53. The lowest BCUT2D eigenvalue weighted by Gasteiger charge is -2.21. The van der Waals surface area contributed by atoms with Crippen LogP contribution < -0.4 is 10.6 Å². The van der Waals surface area contributed by atoms with Gasteiger partial charge >= 0.3 is 0 Å². The molecule has 0 aliphatic carbocycles. The second-order valence-electron chi connectivity index (χ2n) is 8.95. The molecule has 0 saturated carbocycles. The van der Waals surface area contributed by atoms with Gasteiger partial charge in [0.25, 0.3) is 11.8 Å². The number of carbonyl (C=O) groups is 2. The first-order valence-corrected chi connectivity index (χ1v) is 12.4. The first kappa shape index (κ1) is 24.1. The smallest absolute Gasteiger partial charge is 0.252 e. The Labute approximate surface area is 216 Å². The van der Waals surface area contributed by atoms with Crippen LogP contribution in [0.15, 0.2) is 120 Å². The van der Waals surface area contributed by atoms with Crippen LogP contribution in [0, 0.1) is 0 Å². The van der Waals surface area contributed by atoms with Crippen molar-refractivity contribution in [2.45, 2.75) is 18.9 Å². The van der Waals surface area contributed by atoms with Crippen LogP contribution >= 0.6 is 0 Å². The molecule has 1 heterocycles. The molecule has 1 aromatic heterocycles.